The van der Waals surface area contributed by atoms with Gasteiger partial charge in [-0.2, -0.15) is 0 Å². The molecule has 5 heteroatoms. The van der Waals surface area contributed by atoms with Crippen LogP contribution in [0, 0.1) is 0 Å². The zero-order chi connectivity index (χ0) is 16.6. The van der Waals surface area contributed by atoms with Crippen molar-refractivity contribution in [2.24, 2.45) is 0 Å². The number of hydrogen-bond acceptors (Lipinski definition) is 4. The van der Waals surface area contributed by atoms with Crippen LogP contribution in [0.25, 0.3) is 0 Å². The lowest BCUT2D eigenvalue weighted by molar-refractivity contribution is -0.141. The van der Waals surface area contributed by atoms with Gasteiger partial charge in [0.25, 0.3) is 0 Å². The third-order valence-corrected chi connectivity index (χ3v) is 2.83. The predicted octanol–water partition coefficient (Wildman–Crippen LogP) is 3.08. The van der Waals surface area contributed by atoms with Crippen LogP contribution in [0.5, 0.6) is 0 Å². The fourth-order valence-electron chi connectivity index (χ4n) is 1.87. The van der Waals surface area contributed by atoms with Crippen LogP contribution in [-0.2, 0) is 20.7 Å². The van der Waals surface area contributed by atoms with Gasteiger partial charge in [-0.1, -0.05) is 30.3 Å². The molecule has 1 atom stereocenters. The predicted molar refractivity (Wildman–Crippen MR) is 84.6 cm³/mol. The lowest BCUT2D eigenvalue weighted by Gasteiger charge is -2.23. The number of hydrogen-bond donors (Lipinski definition) is 1. The van der Waals surface area contributed by atoms with Crippen molar-refractivity contribution in [2.45, 2.75) is 52.2 Å². The summed E-state index contributed by atoms with van der Waals surface area (Å²) in [5, 5.41) is 2.76. The van der Waals surface area contributed by atoms with E-state index in [1.165, 1.54) is 12.5 Å². The van der Waals surface area contributed by atoms with Gasteiger partial charge in [-0.15, -0.1) is 0 Å². The molecular weight excluding hydrogens is 282 g/mol. The van der Waals surface area contributed by atoms with E-state index in [-0.39, 0.29) is 18.6 Å². The van der Waals surface area contributed by atoms with Gasteiger partial charge in [-0.3, -0.25) is 4.79 Å². The lowest BCUT2D eigenvalue weighted by atomic mass is 10.1. The molecule has 0 spiro atoms. The van der Waals surface area contributed by atoms with Crippen LogP contribution in [-0.4, -0.2) is 30.3 Å². The molecular formula is C17H25NO4. The molecule has 0 aliphatic rings. The van der Waals surface area contributed by atoms with Crippen molar-refractivity contribution in [2.75, 3.05) is 6.61 Å². The summed E-state index contributed by atoms with van der Waals surface area (Å²) >= 11 is 0. The highest BCUT2D eigenvalue weighted by Crippen LogP contribution is 2.09. The summed E-state index contributed by atoms with van der Waals surface area (Å²) in [4.78, 5) is 22.8. The molecule has 0 bridgehead atoms. The molecule has 0 saturated heterocycles. The molecule has 0 aromatic heterocycles. The Bertz CT molecular complexity index is 479. The van der Waals surface area contributed by atoms with E-state index in [0.29, 0.717) is 6.42 Å². The van der Waals surface area contributed by atoms with Gasteiger partial charge in [0.05, 0.1) is 6.04 Å². The van der Waals surface area contributed by atoms with Gasteiger partial charge in [-0.25, -0.2) is 4.79 Å². The zero-order valence-corrected chi connectivity index (χ0v) is 13.7. The Morgan fingerprint density at radius 1 is 1.18 bits per heavy atom. The SMILES string of the molecule is CC(=O)OCC(CCc1ccccc1)NC(=O)OC(C)(C)C. The van der Waals surface area contributed by atoms with Crippen molar-refractivity contribution in [1.29, 1.82) is 0 Å². The maximum atomic E-state index is 11.9. The molecule has 0 aliphatic carbocycles. The summed E-state index contributed by atoms with van der Waals surface area (Å²) in [5.74, 6) is -0.365. The van der Waals surface area contributed by atoms with Gasteiger partial charge in [0, 0.05) is 6.92 Å². The molecule has 1 amide bonds. The fraction of sp³-hybridized carbons (Fsp3) is 0.529. The Morgan fingerprint density at radius 2 is 1.82 bits per heavy atom. The minimum atomic E-state index is -0.560. The van der Waals surface area contributed by atoms with E-state index in [9.17, 15) is 9.59 Å². The molecule has 1 aromatic carbocycles. The number of amides is 1. The number of aryl methyl sites for hydroxylation is 1. The van der Waals surface area contributed by atoms with Gasteiger partial charge in [0.1, 0.15) is 12.2 Å². The zero-order valence-electron chi connectivity index (χ0n) is 13.7. The van der Waals surface area contributed by atoms with Crippen LogP contribution in [0.4, 0.5) is 4.79 Å². The molecule has 0 fully saturated rings. The molecule has 1 unspecified atom stereocenters. The highest BCUT2D eigenvalue weighted by atomic mass is 16.6. The van der Waals surface area contributed by atoms with Crippen LogP contribution in [0.3, 0.4) is 0 Å². The first-order chi connectivity index (χ1) is 10.3. The van der Waals surface area contributed by atoms with Gasteiger partial charge in [-0.05, 0) is 39.2 Å². The Labute approximate surface area is 132 Å². The van der Waals surface area contributed by atoms with Gasteiger partial charge in [0.2, 0.25) is 0 Å². The molecule has 0 heterocycles. The van der Waals surface area contributed by atoms with E-state index in [1.807, 2.05) is 30.3 Å². The summed E-state index contributed by atoms with van der Waals surface area (Å²) < 4.78 is 10.3. The largest absolute Gasteiger partial charge is 0.464 e. The first-order valence-corrected chi connectivity index (χ1v) is 7.43. The summed E-state index contributed by atoms with van der Waals surface area (Å²) in [6, 6.07) is 9.67. The van der Waals surface area contributed by atoms with Gasteiger partial charge >= 0.3 is 12.1 Å². The maximum Gasteiger partial charge on any atom is 0.407 e. The van der Waals surface area contributed by atoms with Crippen molar-refractivity contribution in [1.82, 2.24) is 5.32 Å². The average Bonchev–Trinajstić information content (AvgIpc) is 2.41. The van der Waals surface area contributed by atoms with Crippen molar-refractivity contribution < 1.29 is 19.1 Å². The summed E-state index contributed by atoms with van der Waals surface area (Å²) in [5.41, 5.74) is 0.608. The molecule has 0 saturated carbocycles. The van der Waals surface area contributed by atoms with E-state index in [4.69, 9.17) is 9.47 Å². The van der Waals surface area contributed by atoms with Crippen LogP contribution in [0.15, 0.2) is 30.3 Å². The standard InChI is InChI=1S/C17H25NO4/c1-13(19)21-12-15(18-16(20)22-17(2,3)4)11-10-14-8-6-5-7-9-14/h5-9,15H,10-12H2,1-4H3,(H,18,20). The van der Waals surface area contributed by atoms with E-state index in [2.05, 4.69) is 5.32 Å². The van der Waals surface area contributed by atoms with Crippen molar-refractivity contribution in [3.63, 3.8) is 0 Å². The summed E-state index contributed by atoms with van der Waals surface area (Å²) in [7, 11) is 0. The monoisotopic (exact) mass is 307 g/mol. The van der Waals surface area contributed by atoms with Crippen LogP contribution >= 0.6 is 0 Å². The second-order valence-corrected chi connectivity index (χ2v) is 6.17. The highest BCUT2D eigenvalue weighted by Gasteiger charge is 2.20. The number of carbonyl (C=O) groups excluding carboxylic acids is 2. The topological polar surface area (TPSA) is 64.6 Å². The molecule has 0 radical (unpaired) electrons. The number of esters is 1. The molecule has 0 aliphatic heterocycles. The summed E-state index contributed by atoms with van der Waals surface area (Å²) in [6.07, 6.45) is 0.941. The van der Waals surface area contributed by atoms with Crippen molar-refractivity contribution >= 4 is 12.1 Å². The number of alkyl carbamates (subject to hydrolysis) is 1. The van der Waals surface area contributed by atoms with E-state index >= 15 is 0 Å². The van der Waals surface area contributed by atoms with Crippen molar-refractivity contribution in [3.8, 4) is 0 Å². The number of carbonyl (C=O) groups is 2. The number of nitrogens with one attached hydrogen (secondary N) is 1. The highest BCUT2D eigenvalue weighted by molar-refractivity contribution is 5.68. The molecule has 1 aromatic rings. The minimum absolute atomic E-state index is 0.140. The third kappa shape index (κ3) is 8.29. The molecule has 22 heavy (non-hydrogen) atoms. The number of rotatable bonds is 6. The molecule has 122 valence electrons. The van der Waals surface area contributed by atoms with Gasteiger partial charge < -0.3 is 14.8 Å². The smallest absolute Gasteiger partial charge is 0.407 e. The Kier molecular flexibility index (Phi) is 6.89. The second kappa shape index (κ2) is 8.41. The van der Waals surface area contributed by atoms with E-state index in [1.54, 1.807) is 20.8 Å². The second-order valence-electron chi connectivity index (χ2n) is 6.17. The Balaban J connectivity index is 2.55. The maximum absolute atomic E-state index is 11.9. The number of ether oxygens (including phenoxy) is 2. The average molecular weight is 307 g/mol. The van der Waals surface area contributed by atoms with Crippen molar-refractivity contribution in [3.05, 3.63) is 35.9 Å². The molecule has 5 nitrogen and oxygen atoms in total. The fourth-order valence-corrected chi connectivity index (χ4v) is 1.87. The summed E-state index contributed by atoms with van der Waals surface area (Å²) in [6.45, 7) is 6.90. The Hall–Kier alpha value is -2.04. The van der Waals surface area contributed by atoms with E-state index < -0.39 is 11.7 Å². The van der Waals surface area contributed by atoms with E-state index in [0.717, 1.165) is 6.42 Å². The Morgan fingerprint density at radius 3 is 2.36 bits per heavy atom. The van der Waals surface area contributed by atoms with Crippen LogP contribution in [0.2, 0.25) is 0 Å². The molecule has 1 rings (SSSR count). The quantitative estimate of drug-likeness (QED) is 0.820. The third-order valence-electron chi connectivity index (χ3n) is 2.83. The minimum Gasteiger partial charge on any atom is -0.464 e. The van der Waals surface area contributed by atoms with Crippen LogP contribution in [0.1, 0.15) is 39.7 Å². The molecule has 1 N–H and O–H groups in total. The van der Waals surface area contributed by atoms with Gasteiger partial charge in [0.15, 0.2) is 0 Å². The van der Waals surface area contributed by atoms with Crippen LogP contribution < -0.4 is 5.32 Å². The first kappa shape index (κ1) is 18.0. The number of benzene rings is 1. The lowest BCUT2D eigenvalue weighted by Crippen LogP contribution is -2.42. The first-order valence-electron chi connectivity index (χ1n) is 7.43. The normalized spacial score (nSPS) is 12.4.